The number of nitro groups is 1. The van der Waals surface area contributed by atoms with Crippen molar-refractivity contribution in [2.24, 2.45) is 0 Å². The molecular weight excluding hydrogens is 294 g/mol. The third kappa shape index (κ3) is 2.23. The summed E-state index contributed by atoms with van der Waals surface area (Å²) in [4.78, 5) is 21.9. The van der Waals surface area contributed by atoms with Gasteiger partial charge in [0.1, 0.15) is 18.3 Å². The number of cyclic esters (lactones) is 1. The molecule has 0 aromatic heterocycles. The van der Waals surface area contributed by atoms with E-state index in [1.165, 1.54) is 18.2 Å². The lowest BCUT2D eigenvalue weighted by Crippen LogP contribution is -2.23. The van der Waals surface area contributed by atoms with E-state index in [2.05, 4.69) is 15.9 Å². The fraction of sp³-hybridized carbons (Fsp3) is 0.300. The monoisotopic (exact) mass is 301 g/mol. The van der Waals surface area contributed by atoms with E-state index in [0.29, 0.717) is 5.33 Å². The number of ether oxygens (including phenoxy) is 2. The third-order valence-corrected chi connectivity index (χ3v) is 2.99. The van der Waals surface area contributed by atoms with Crippen LogP contribution in [0.25, 0.3) is 0 Å². The molecule has 0 radical (unpaired) electrons. The van der Waals surface area contributed by atoms with Gasteiger partial charge in [0.05, 0.1) is 4.92 Å². The van der Waals surface area contributed by atoms with Crippen LogP contribution in [0.2, 0.25) is 0 Å². The molecule has 0 amide bonds. The SMILES string of the molecule is O=C1O[C@H](CBr)COc2c1cccc2[N+](=O)[O-]. The molecule has 1 aliphatic rings. The molecule has 2 rings (SSSR count). The van der Waals surface area contributed by atoms with Gasteiger partial charge in [0.2, 0.25) is 5.75 Å². The van der Waals surface area contributed by atoms with Crippen molar-refractivity contribution in [3.05, 3.63) is 33.9 Å². The fourth-order valence-electron chi connectivity index (χ4n) is 1.48. The summed E-state index contributed by atoms with van der Waals surface area (Å²) in [5.41, 5.74) is -0.141. The van der Waals surface area contributed by atoms with Gasteiger partial charge in [-0.15, -0.1) is 0 Å². The molecule has 0 bridgehead atoms. The number of fused-ring (bicyclic) bond motifs is 1. The Balaban J connectivity index is 2.47. The highest BCUT2D eigenvalue weighted by Crippen LogP contribution is 2.33. The van der Waals surface area contributed by atoms with Crippen LogP contribution in [0.3, 0.4) is 0 Å². The van der Waals surface area contributed by atoms with E-state index in [4.69, 9.17) is 9.47 Å². The maximum atomic E-state index is 11.7. The van der Waals surface area contributed by atoms with Gasteiger partial charge in [-0.1, -0.05) is 22.0 Å². The second-order valence-electron chi connectivity index (χ2n) is 3.40. The first-order valence-corrected chi connectivity index (χ1v) is 5.92. The Kier molecular flexibility index (Phi) is 3.28. The lowest BCUT2D eigenvalue weighted by Gasteiger charge is -2.10. The molecule has 0 N–H and O–H groups in total. The van der Waals surface area contributed by atoms with Gasteiger partial charge < -0.3 is 9.47 Å². The molecule has 1 aromatic rings. The van der Waals surface area contributed by atoms with Crippen LogP contribution in [0.15, 0.2) is 18.2 Å². The fourth-order valence-corrected chi connectivity index (χ4v) is 1.80. The number of esters is 1. The number of alkyl halides is 1. The first-order chi connectivity index (χ1) is 8.13. The molecule has 17 heavy (non-hydrogen) atoms. The minimum Gasteiger partial charge on any atom is -0.482 e. The Labute approximate surface area is 105 Å². The van der Waals surface area contributed by atoms with Crippen molar-refractivity contribution in [3.8, 4) is 5.75 Å². The summed E-state index contributed by atoms with van der Waals surface area (Å²) < 4.78 is 10.4. The number of hydrogen-bond acceptors (Lipinski definition) is 5. The maximum Gasteiger partial charge on any atom is 0.342 e. The van der Waals surface area contributed by atoms with Crippen LogP contribution in [-0.4, -0.2) is 28.9 Å². The molecule has 7 heteroatoms. The highest BCUT2D eigenvalue weighted by atomic mass is 79.9. The predicted octanol–water partition coefficient (Wildman–Crippen LogP) is 1.91. The van der Waals surface area contributed by atoms with E-state index in [9.17, 15) is 14.9 Å². The van der Waals surface area contributed by atoms with Crippen LogP contribution < -0.4 is 4.74 Å². The number of nitrogens with zero attached hydrogens (tertiary/aromatic N) is 1. The van der Waals surface area contributed by atoms with Crippen molar-refractivity contribution in [1.29, 1.82) is 0 Å². The van der Waals surface area contributed by atoms with Crippen LogP contribution in [0.5, 0.6) is 5.75 Å². The Morgan fingerprint density at radius 2 is 2.29 bits per heavy atom. The second-order valence-corrected chi connectivity index (χ2v) is 4.05. The van der Waals surface area contributed by atoms with Crippen LogP contribution >= 0.6 is 15.9 Å². The maximum absolute atomic E-state index is 11.7. The molecule has 1 aliphatic heterocycles. The van der Waals surface area contributed by atoms with Gasteiger partial charge in [-0.05, 0) is 6.07 Å². The average Bonchev–Trinajstić information content (AvgIpc) is 2.48. The van der Waals surface area contributed by atoms with Crippen molar-refractivity contribution in [2.45, 2.75) is 6.10 Å². The van der Waals surface area contributed by atoms with Crippen molar-refractivity contribution in [2.75, 3.05) is 11.9 Å². The van der Waals surface area contributed by atoms with E-state index < -0.39 is 17.0 Å². The highest BCUT2D eigenvalue weighted by molar-refractivity contribution is 9.09. The Bertz CT molecular complexity index is 476. The van der Waals surface area contributed by atoms with Gasteiger partial charge in [0.15, 0.2) is 0 Å². The summed E-state index contributed by atoms with van der Waals surface area (Å²) in [7, 11) is 0. The van der Waals surface area contributed by atoms with Gasteiger partial charge in [0.25, 0.3) is 0 Å². The lowest BCUT2D eigenvalue weighted by molar-refractivity contribution is -0.385. The number of carbonyl (C=O) groups is 1. The lowest BCUT2D eigenvalue weighted by atomic mass is 10.2. The topological polar surface area (TPSA) is 78.7 Å². The zero-order valence-corrected chi connectivity index (χ0v) is 10.2. The second kappa shape index (κ2) is 4.70. The number of halogens is 1. The molecule has 0 fully saturated rings. The average molecular weight is 302 g/mol. The minimum absolute atomic E-state index is 0.0223. The zero-order chi connectivity index (χ0) is 12.4. The van der Waals surface area contributed by atoms with Gasteiger partial charge in [-0.3, -0.25) is 10.1 Å². The quantitative estimate of drug-likeness (QED) is 0.361. The number of nitro benzene ring substituents is 1. The standard InChI is InChI=1S/C10H8BrNO5/c11-4-6-5-16-9-7(10(13)17-6)2-1-3-8(9)12(14)15/h1-3,6H,4-5H2/t6-/m1/s1. The highest BCUT2D eigenvalue weighted by Gasteiger charge is 2.29. The summed E-state index contributed by atoms with van der Waals surface area (Å²) in [6, 6.07) is 4.16. The van der Waals surface area contributed by atoms with Gasteiger partial charge in [0, 0.05) is 11.4 Å². The Hall–Kier alpha value is -1.63. The van der Waals surface area contributed by atoms with Gasteiger partial charge in [-0.2, -0.15) is 0 Å². The third-order valence-electron chi connectivity index (χ3n) is 2.27. The molecule has 1 heterocycles. The molecule has 0 unspecified atom stereocenters. The van der Waals surface area contributed by atoms with E-state index >= 15 is 0 Å². The van der Waals surface area contributed by atoms with Crippen LogP contribution in [0.4, 0.5) is 5.69 Å². The summed E-state index contributed by atoms with van der Waals surface area (Å²) in [6.45, 7) is 0.0921. The minimum atomic E-state index is -0.606. The number of carbonyl (C=O) groups excluding carboxylic acids is 1. The molecule has 1 atom stereocenters. The molecule has 0 saturated heterocycles. The molecule has 90 valence electrons. The molecule has 0 saturated carbocycles. The Morgan fingerprint density at radius 3 is 2.94 bits per heavy atom. The van der Waals surface area contributed by atoms with E-state index in [1.807, 2.05) is 0 Å². The number of benzene rings is 1. The van der Waals surface area contributed by atoms with E-state index in [-0.39, 0.29) is 23.6 Å². The number of hydrogen-bond donors (Lipinski definition) is 0. The van der Waals surface area contributed by atoms with Gasteiger partial charge in [-0.25, -0.2) is 4.79 Å². The van der Waals surface area contributed by atoms with Gasteiger partial charge >= 0.3 is 11.7 Å². The van der Waals surface area contributed by atoms with Crippen molar-refractivity contribution in [1.82, 2.24) is 0 Å². The first-order valence-electron chi connectivity index (χ1n) is 4.80. The van der Waals surface area contributed by atoms with Crippen LogP contribution in [0.1, 0.15) is 10.4 Å². The van der Waals surface area contributed by atoms with Crippen molar-refractivity contribution < 1.29 is 19.2 Å². The Morgan fingerprint density at radius 1 is 1.53 bits per heavy atom. The predicted molar refractivity (Wildman–Crippen MR) is 61.6 cm³/mol. The smallest absolute Gasteiger partial charge is 0.342 e. The largest absolute Gasteiger partial charge is 0.482 e. The van der Waals surface area contributed by atoms with Crippen LogP contribution in [0, 0.1) is 10.1 Å². The number of para-hydroxylation sites is 1. The normalized spacial score (nSPS) is 18.6. The molecule has 1 aromatic carbocycles. The molecule has 0 spiro atoms. The molecule has 6 nitrogen and oxygen atoms in total. The molecular formula is C10H8BrNO5. The number of rotatable bonds is 2. The van der Waals surface area contributed by atoms with Crippen molar-refractivity contribution in [3.63, 3.8) is 0 Å². The first kappa shape index (κ1) is 11.8. The summed E-state index contributed by atoms with van der Waals surface area (Å²) >= 11 is 3.17. The molecule has 0 aliphatic carbocycles. The van der Waals surface area contributed by atoms with E-state index in [1.54, 1.807) is 0 Å². The van der Waals surface area contributed by atoms with Crippen LogP contribution in [-0.2, 0) is 4.74 Å². The summed E-state index contributed by atoms with van der Waals surface area (Å²) in [5, 5.41) is 11.2. The van der Waals surface area contributed by atoms with Crippen molar-refractivity contribution >= 4 is 27.6 Å². The summed E-state index contributed by atoms with van der Waals surface area (Å²) in [5.74, 6) is -0.628. The summed E-state index contributed by atoms with van der Waals surface area (Å²) in [6.07, 6.45) is -0.450. The zero-order valence-electron chi connectivity index (χ0n) is 8.59. The van der Waals surface area contributed by atoms with E-state index in [0.717, 1.165) is 0 Å².